The summed E-state index contributed by atoms with van der Waals surface area (Å²) >= 11 is 0. The molecule has 0 saturated heterocycles. The minimum Gasteiger partial charge on any atom is -0.497 e. The van der Waals surface area contributed by atoms with E-state index in [1.165, 1.54) is 48.1 Å². The summed E-state index contributed by atoms with van der Waals surface area (Å²) in [6.45, 7) is 15.6. The lowest BCUT2D eigenvalue weighted by atomic mass is 9.73. The van der Waals surface area contributed by atoms with Crippen molar-refractivity contribution >= 4 is 147 Å². The van der Waals surface area contributed by atoms with Crippen molar-refractivity contribution < 1.29 is 33.5 Å². The standard InChI is InChI=1S/C39H28N2O2.C38H28N2O2.C34H26N2O3.3CH4/c1-39(2)30-18-7-10-21-34(30)40(35-22-11-8-19-31(35)39)33-24-23-29-36-27(33)16-12-17-28(36)37(42)41(38(29)43)32-20-9-6-15-26(32)25-13-4-3-5-14-25;1-23-19-21-31(25-12-5-4-11-24(23)25)40-36(41)27-14-10-13-26-32(22-20-28(35(26)27)37(40)42)39-33-17-8-6-15-29(33)38(2,3)30-16-7-9-18-34(30)39;1-34(2)26-11-4-6-13-29(26)36(30-14-7-5-12-27(30)34)28-20-19-25-31-23(28)9-8-10-24(31)32(37)35(33(25)38)21-15-17-22(39-3)18-16-21;;;/h3-24H,1-2H3;4-22H,1-3H3;4-20H,1-3H3;3*1H4. The molecule has 0 bridgehead atoms. The van der Waals surface area contributed by atoms with Gasteiger partial charge in [-0.25, -0.2) is 14.7 Å². The number of ether oxygens (including phenoxy) is 1. The lowest BCUT2D eigenvalue weighted by Crippen LogP contribution is -2.40. The first-order valence-corrected chi connectivity index (χ1v) is 41.8. The number of hydrogen-bond donors (Lipinski definition) is 0. The van der Waals surface area contributed by atoms with Crippen LogP contribution in [0.4, 0.5) is 68.2 Å². The van der Waals surface area contributed by atoms with Gasteiger partial charge in [0.1, 0.15) is 5.75 Å². The Morgan fingerprint density at radius 2 is 0.472 bits per heavy atom. The molecule has 0 N–H and O–H groups in total. The number of methoxy groups -OCH3 is 1. The minimum absolute atomic E-state index is 0. The van der Waals surface area contributed by atoms with E-state index in [4.69, 9.17) is 4.74 Å². The molecular weight excluding hydrogens is 1570 g/mol. The van der Waals surface area contributed by atoms with Crippen LogP contribution in [0.1, 0.15) is 165 Å². The summed E-state index contributed by atoms with van der Waals surface area (Å²) in [6, 6.07) is 116. The fourth-order valence-corrected chi connectivity index (χ4v) is 20.2. The molecule has 0 radical (unpaired) electrons. The minimum atomic E-state index is -0.332. The Hall–Kier alpha value is -15.6. The van der Waals surface area contributed by atoms with Crippen LogP contribution in [-0.2, 0) is 16.2 Å². The third kappa shape index (κ3) is 12.5. The predicted molar refractivity (Wildman–Crippen MR) is 519 cm³/mol. The Balaban J connectivity index is 0.000000128. The van der Waals surface area contributed by atoms with Gasteiger partial charge in [0, 0.05) is 92.9 Å². The maximum absolute atomic E-state index is 14.3. The van der Waals surface area contributed by atoms with E-state index in [1.54, 1.807) is 31.4 Å². The molecule has 622 valence electrons. The predicted octanol–water partition coefficient (Wildman–Crippen LogP) is 28.3. The number of fused-ring (bicyclic) bond motifs is 7. The smallest absolute Gasteiger partial charge is 0.266 e. The van der Waals surface area contributed by atoms with Gasteiger partial charge in [0.15, 0.2) is 0 Å². The highest BCUT2D eigenvalue weighted by Crippen LogP contribution is 2.58. The highest BCUT2D eigenvalue weighted by atomic mass is 16.5. The third-order valence-corrected chi connectivity index (χ3v) is 26.2. The van der Waals surface area contributed by atoms with Crippen molar-refractivity contribution in [3.05, 3.63) is 424 Å². The molecule has 0 spiro atoms. The van der Waals surface area contributed by atoms with E-state index in [1.807, 2.05) is 189 Å². The van der Waals surface area contributed by atoms with Gasteiger partial charge < -0.3 is 19.4 Å². The molecule has 0 atom stereocenters. The fourth-order valence-electron chi connectivity index (χ4n) is 20.2. The highest BCUT2D eigenvalue weighted by Gasteiger charge is 2.45. The van der Waals surface area contributed by atoms with Crippen LogP contribution in [0, 0.1) is 6.92 Å². The summed E-state index contributed by atoms with van der Waals surface area (Å²) in [7, 11) is 1.58. The summed E-state index contributed by atoms with van der Waals surface area (Å²) < 4.78 is 5.25. The first kappa shape index (κ1) is 82.4. The molecule has 17 aromatic rings. The van der Waals surface area contributed by atoms with Crippen molar-refractivity contribution in [1.82, 2.24) is 0 Å². The van der Waals surface area contributed by atoms with Gasteiger partial charge in [0.2, 0.25) is 0 Å². The number of carbonyl (C=O) groups excluding carboxylic acids is 6. The molecule has 0 aliphatic carbocycles. The molecule has 6 amide bonds. The zero-order chi connectivity index (χ0) is 84.9. The number of para-hydroxylation sites is 7. The number of amides is 6. The molecule has 0 fully saturated rings. The second-order valence-electron chi connectivity index (χ2n) is 33.9. The molecule has 127 heavy (non-hydrogen) atoms. The van der Waals surface area contributed by atoms with Crippen molar-refractivity contribution in [2.75, 3.05) is 36.5 Å². The van der Waals surface area contributed by atoms with Crippen LogP contribution in [0.2, 0.25) is 0 Å². The number of nitrogens with zero attached hydrogens (tertiary/aromatic N) is 6. The molecule has 0 aromatic heterocycles. The van der Waals surface area contributed by atoms with Gasteiger partial charge in [0.25, 0.3) is 35.4 Å². The molecule has 0 saturated carbocycles. The van der Waals surface area contributed by atoms with E-state index in [0.29, 0.717) is 72.4 Å². The van der Waals surface area contributed by atoms with Crippen molar-refractivity contribution in [3.63, 3.8) is 0 Å². The van der Waals surface area contributed by atoms with Crippen LogP contribution in [0.15, 0.2) is 352 Å². The van der Waals surface area contributed by atoms with Gasteiger partial charge in [-0.05, 0) is 184 Å². The summed E-state index contributed by atoms with van der Waals surface area (Å²) in [6.07, 6.45) is 0. The molecular formula is C114H94N6O7. The van der Waals surface area contributed by atoms with Crippen LogP contribution < -0.4 is 34.1 Å². The molecule has 0 unspecified atom stereocenters. The van der Waals surface area contributed by atoms with Crippen LogP contribution in [0.5, 0.6) is 5.75 Å². The van der Waals surface area contributed by atoms with Gasteiger partial charge in [-0.15, -0.1) is 0 Å². The summed E-state index contributed by atoms with van der Waals surface area (Å²) in [5.41, 5.74) is 23.9. The van der Waals surface area contributed by atoms with Gasteiger partial charge in [-0.2, -0.15) is 0 Å². The summed E-state index contributed by atoms with van der Waals surface area (Å²) in [4.78, 5) is 95.3. The Kier molecular flexibility index (Phi) is 20.3. The highest BCUT2D eigenvalue weighted by molar-refractivity contribution is 6.40. The van der Waals surface area contributed by atoms with Crippen molar-refractivity contribution in [1.29, 1.82) is 0 Å². The van der Waals surface area contributed by atoms with E-state index in [2.05, 4.69) is 202 Å². The van der Waals surface area contributed by atoms with Crippen LogP contribution in [0.3, 0.4) is 0 Å². The number of carbonyl (C=O) groups is 6. The lowest BCUT2D eigenvalue weighted by Gasteiger charge is -2.42. The quantitative estimate of drug-likeness (QED) is 0.136. The number of imide groups is 3. The molecule has 6 aliphatic heterocycles. The molecule has 23 rings (SSSR count). The number of benzene rings is 17. The van der Waals surface area contributed by atoms with E-state index < -0.39 is 0 Å². The maximum atomic E-state index is 14.3. The SMILES string of the molecule is C.C.C.CC1(C)c2ccccc2N(c2ccc3c4c(cccc24)C(=O)N(c2ccccc2-c2ccccc2)C3=O)c2ccccc21.COc1ccc(N2C(=O)c3cccc4c(N5c6ccccc6C(C)(C)c6ccccc65)ccc(c34)C2=O)cc1.Cc1ccc(N2C(=O)c3cccc4c(N5c6ccccc6C(C)(C)c6ccccc65)ccc(c34)C2=O)c2ccccc12. The van der Waals surface area contributed by atoms with E-state index in [9.17, 15) is 28.8 Å². The van der Waals surface area contributed by atoms with E-state index in [0.717, 1.165) is 94.8 Å². The van der Waals surface area contributed by atoms with Crippen LogP contribution in [-0.4, -0.2) is 42.6 Å². The summed E-state index contributed by atoms with van der Waals surface area (Å²) in [5.74, 6) is -1.24. The molecule has 13 heteroatoms. The third-order valence-electron chi connectivity index (χ3n) is 26.2. The average molecular weight is 1660 g/mol. The molecule has 6 aliphatic rings. The number of aryl methyl sites for hydroxylation is 1. The first-order valence-electron chi connectivity index (χ1n) is 41.8. The largest absolute Gasteiger partial charge is 0.497 e. The number of rotatable bonds is 8. The normalized spacial score (nSPS) is 14.8. The fraction of sp³-hybridized carbons (Fsp3) is 0.123. The van der Waals surface area contributed by atoms with Gasteiger partial charge in [-0.3, -0.25) is 28.8 Å². The number of hydrogen-bond acceptors (Lipinski definition) is 10. The van der Waals surface area contributed by atoms with Crippen molar-refractivity contribution in [2.45, 2.75) is 87.0 Å². The summed E-state index contributed by atoms with van der Waals surface area (Å²) in [5, 5.41) is 6.62. The van der Waals surface area contributed by atoms with Crippen LogP contribution in [0.25, 0.3) is 54.2 Å². The molecule has 6 heterocycles. The Bertz CT molecular complexity index is 7260. The van der Waals surface area contributed by atoms with Crippen LogP contribution >= 0.6 is 0 Å². The lowest BCUT2D eigenvalue weighted by molar-refractivity contribution is 0.0878. The second-order valence-corrected chi connectivity index (χ2v) is 33.9. The zero-order valence-corrected chi connectivity index (χ0v) is 69.5. The van der Waals surface area contributed by atoms with Gasteiger partial charge >= 0.3 is 0 Å². The first-order chi connectivity index (χ1) is 60.3. The van der Waals surface area contributed by atoms with Gasteiger partial charge in [0.05, 0.1) is 75.4 Å². The number of anilines is 12. The topological polar surface area (TPSA) is 131 Å². The monoisotopic (exact) mass is 1660 g/mol. The Morgan fingerprint density at radius 1 is 0.213 bits per heavy atom. The van der Waals surface area contributed by atoms with Gasteiger partial charge in [-0.1, -0.05) is 288 Å². The van der Waals surface area contributed by atoms with E-state index >= 15 is 0 Å². The average Bonchev–Trinajstić information content (AvgIpc) is 0.712. The zero-order valence-electron chi connectivity index (χ0n) is 69.5. The Morgan fingerprint density at radius 3 is 0.827 bits per heavy atom. The Labute approximate surface area is 740 Å². The molecule has 13 nitrogen and oxygen atoms in total. The van der Waals surface area contributed by atoms with Crippen molar-refractivity contribution in [2.24, 2.45) is 0 Å². The molecule has 17 aromatic carbocycles. The van der Waals surface area contributed by atoms with Crippen molar-refractivity contribution in [3.8, 4) is 16.9 Å². The van der Waals surface area contributed by atoms with E-state index in [-0.39, 0.29) is 74.0 Å². The second kappa shape index (κ2) is 31.3. The maximum Gasteiger partial charge on any atom is 0.266 e.